The first kappa shape index (κ1) is 19.2. The predicted octanol–water partition coefficient (Wildman–Crippen LogP) is -0.479. The molecule has 2 N–H and O–H groups in total. The van der Waals surface area contributed by atoms with Crippen molar-refractivity contribution >= 4 is 60.4 Å². The Morgan fingerprint density at radius 2 is 1.38 bits per heavy atom. The van der Waals surface area contributed by atoms with Gasteiger partial charge in [0.25, 0.3) is 0 Å². The second-order valence-electron chi connectivity index (χ2n) is 2.97. The minimum atomic E-state index is -1.67. The number of carbonyl (C=O) groups is 2. The van der Waals surface area contributed by atoms with E-state index in [1.165, 1.54) is 6.92 Å². The van der Waals surface area contributed by atoms with Crippen LogP contribution in [-0.4, -0.2) is 70.6 Å². The Morgan fingerprint density at radius 3 is 1.38 bits per heavy atom. The Morgan fingerprint density at radius 1 is 1.15 bits per heavy atom. The maximum absolute atomic E-state index is 10.5. The van der Waals surface area contributed by atoms with Crippen LogP contribution in [0.3, 0.4) is 0 Å². The van der Waals surface area contributed by atoms with Gasteiger partial charge in [0.2, 0.25) is 0 Å². The zero-order chi connectivity index (χ0) is 9.23. The van der Waals surface area contributed by atoms with E-state index in [1.54, 1.807) is 13.8 Å². The Balaban J connectivity index is -0.000000500. The van der Waals surface area contributed by atoms with Gasteiger partial charge >= 0.3 is 60.4 Å². The molecule has 0 amide bonds. The third-order valence-corrected chi connectivity index (χ3v) is 2.04. The molecule has 0 aromatic heterocycles. The van der Waals surface area contributed by atoms with Gasteiger partial charge in [-0.15, -0.1) is 0 Å². The van der Waals surface area contributed by atoms with Gasteiger partial charge in [-0.25, -0.2) is 0 Å². The molecular formula is C7H14LiNaO4. The average molecular weight is 192 g/mol. The zero-order valence-electron chi connectivity index (χ0n) is 6.79. The van der Waals surface area contributed by atoms with Crippen LogP contribution in [0.15, 0.2) is 0 Å². The molecule has 0 fully saturated rings. The monoisotopic (exact) mass is 192 g/mol. The number of aliphatic carboxylic acids is 2. The molecule has 0 atom stereocenters. The Kier molecular flexibility index (Phi) is 10.2. The zero-order valence-corrected chi connectivity index (χ0v) is 6.79. The maximum atomic E-state index is 10.5. The molecule has 0 radical (unpaired) electrons. The summed E-state index contributed by atoms with van der Waals surface area (Å²) in [7, 11) is 0. The van der Waals surface area contributed by atoms with Gasteiger partial charge < -0.3 is 10.2 Å². The number of carboxylic acids is 2. The van der Waals surface area contributed by atoms with Gasteiger partial charge in [0.15, 0.2) is 5.41 Å². The molecule has 4 nitrogen and oxygen atoms in total. The van der Waals surface area contributed by atoms with Crippen LogP contribution in [0.25, 0.3) is 0 Å². The molecule has 0 spiro atoms. The Labute approximate surface area is 112 Å². The molecule has 0 heterocycles. The summed E-state index contributed by atoms with van der Waals surface area (Å²) in [4.78, 5) is 21.0. The van der Waals surface area contributed by atoms with Gasteiger partial charge in [-0.2, -0.15) is 0 Å². The molecule has 0 aliphatic rings. The Hall–Kier alpha value is 0.537. The summed E-state index contributed by atoms with van der Waals surface area (Å²) in [5, 5.41) is 17.2. The predicted molar refractivity (Wildman–Crippen MR) is 52.5 cm³/mol. The quantitative estimate of drug-likeness (QED) is 0.468. The van der Waals surface area contributed by atoms with Crippen LogP contribution in [0.2, 0.25) is 0 Å². The molecule has 6 heteroatoms. The van der Waals surface area contributed by atoms with E-state index in [0.717, 1.165) is 0 Å². The fourth-order valence-corrected chi connectivity index (χ4v) is 0.585. The first-order valence-electron chi connectivity index (χ1n) is 3.30. The third kappa shape index (κ3) is 4.05. The molecule has 0 bridgehead atoms. The summed E-state index contributed by atoms with van der Waals surface area (Å²) in [5.41, 5.74) is -1.67. The molecule has 13 heavy (non-hydrogen) atoms. The summed E-state index contributed by atoms with van der Waals surface area (Å²) in [6.45, 7) is 4.35. The summed E-state index contributed by atoms with van der Waals surface area (Å²) in [6, 6.07) is 0. The van der Waals surface area contributed by atoms with E-state index in [1.807, 2.05) is 0 Å². The van der Waals surface area contributed by atoms with Crippen molar-refractivity contribution < 1.29 is 19.8 Å². The fourth-order valence-electron chi connectivity index (χ4n) is 0.585. The first-order chi connectivity index (χ1) is 4.83. The molecular weight excluding hydrogens is 178 g/mol. The standard InChI is InChI=1S/C7H12O4.Li.Na.2H/c1-4(2)7(3,5(8)9)6(10)11;;;;/h4H,1-3H3,(H,8,9)(H,10,11);;;;. The van der Waals surface area contributed by atoms with Crippen LogP contribution in [0.5, 0.6) is 0 Å². The van der Waals surface area contributed by atoms with Crippen LogP contribution in [0, 0.1) is 11.3 Å². The number of hydrogen-bond acceptors (Lipinski definition) is 2. The van der Waals surface area contributed by atoms with Crippen LogP contribution < -0.4 is 0 Å². The topological polar surface area (TPSA) is 74.6 Å². The Bertz CT molecular complexity index is 179. The van der Waals surface area contributed by atoms with Gasteiger partial charge in [0.1, 0.15) is 0 Å². The second kappa shape index (κ2) is 6.91. The molecule has 0 aromatic rings. The van der Waals surface area contributed by atoms with Gasteiger partial charge in [0, 0.05) is 0 Å². The van der Waals surface area contributed by atoms with Crippen molar-refractivity contribution in [1.82, 2.24) is 0 Å². The van der Waals surface area contributed by atoms with Gasteiger partial charge in [-0.3, -0.25) is 9.59 Å². The van der Waals surface area contributed by atoms with Crippen molar-refractivity contribution in [2.24, 2.45) is 11.3 Å². The van der Waals surface area contributed by atoms with Crippen molar-refractivity contribution in [3.05, 3.63) is 0 Å². The average Bonchev–Trinajstić information content (AvgIpc) is 1.84. The van der Waals surface area contributed by atoms with E-state index < -0.39 is 23.3 Å². The van der Waals surface area contributed by atoms with Crippen molar-refractivity contribution in [2.45, 2.75) is 20.8 Å². The van der Waals surface area contributed by atoms with Crippen LogP contribution in [-0.2, 0) is 9.59 Å². The molecule has 0 aromatic carbocycles. The molecule has 0 rings (SSSR count). The number of rotatable bonds is 3. The van der Waals surface area contributed by atoms with Crippen molar-refractivity contribution in [3.63, 3.8) is 0 Å². The van der Waals surface area contributed by atoms with E-state index in [-0.39, 0.29) is 48.4 Å². The SMILES string of the molecule is CC(C)C(C)(C(=O)O)C(=O)O.[LiH].[NaH]. The van der Waals surface area contributed by atoms with E-state index in [0.29, 0.717) is 0 Å². The van der Waals surface area contributed by atoms with E-state index in [9.17, 15) is 9.59 Å². The van der Waals surface area contributed by atoms with E-state index >= 15 is 0 Å². The van der Waals surface area contributed by atoms with Gasteiger partial charge in [0.05, 0.1) is 0 Å². The van der Waals surface area contributed by atoms with Crippen LogP contribution >= 0.6 is 0 Å². The second-order valence-corrected chi connectivity index (χ2v) is 2.97. The normalized spacial score (nSPS) is 9.85. The minimum absolute atomic E-state index is 0. The molecule has 0 aliphatic carbocycles. The summed E-state index contributed by atoms with van der Waals surface area (Å²) in [6.07, 6.45) is 0. The van der Waals surface area contributed by atoms with E-state index in [4.69, 9.17) is 10.2 Å². The summed E-state index contributed by atoms with van der Waals surface area (Å²) < 4.78 is 0. The molecule has 0 aliphatic heterocycles. The van der Waals surface area contributed by atoms with E-state index in [2.05, 4.69) is 0 Å². The van der Waals surface area contributed by atoms with Crippen molar-refractivity contribution in [2.75, 3.05) is 0 Å². The van der Waals surface area contributed by atoms with Crippen molar-refractivity contribution in [1.29, 1.82) is 0 Å². The molecule has 68 valence electrons. The first-order valence-corrected chi connectivity index (χ1v) is 3.30. The molecule has 0 unspecified atom stereocenters. The molecule has 0 saturated heterocycles. The number of hydrogen-bond donors (Lipinski definition) is 2. The van der Waals surface area contributed by atoms with Gasteiger partial charge in [-0.1, -0.05) is 13.8 Å². The molecule has 0 saturated carbocycles. The third-order valence-electron chi connectivity index (χ3n) is 2.04. The fraction of sp³-hybridized carbons (Fsp3) is 0.714. The van der Waals surface area contributed by atoms with Crippen LogP contribution in [0.1, 0.15) is 20.8 Å². The van der Waals surface area contributed by atoms with Crippen LogP contribution in [0.4, 0.5) is 0 Å². The number of carboxylic acid groups (broad SMARTS) is 2. The van der Waals surface area contributed by atoms with Gasteiger partial charge in [-0.05, 0) is 12.8 Å². The summed E-state index contributed by atoms with van der Waals surface area (Å²) in [5.74, 6) is -3.00. The van der Waals surface area contributed by atoms with Crippen molar-refractivity contribution in [3.8, 4) is 0 Å². The summed E-state index contributed by atoms with van der Waals surface area (Å²) >= 11 is 0.